The van der Waals surface area contributed by atoms with Crippen molar-refractivity contribution < 1.29 is 27.8 Å². The third-order valence-electron chi connectivity index (χ3n) is 6.02. The number of thiazole rings is 1. The number of hydrogen-bond donors (Lipinski definition) is 0. The zero-order valence-corrected chi connectivity index (χ0v) is 20.1. The van der Waals surface area contributed by atoms with Crippen molar-refractivity contribution in [1.82, 2.24) is 9.88 Å². The summed E-state index contributed by atoms with van der Waals surface area (Å²) < 4.78 is 43.3. The Balaban J connectivity index is 1.30. The molecule has 2 heterocycles. The van der Waals surface area contributed by atoms with Crippen molar-refractivity contribution in [2.24, 2.45) is 5.92 Å². The summed E-state index contributed by atoms with van der Waals surface area (Å²) in [6, 6.07) is 11.8. The number of benzene rings is 2. The largest absolute Gasteiger partial charge is 0.494 e. The van der Waals surface area contributed by atoms with Crippen LogP contribution in [0.1, 0.15) is 30.6 Å². The lowest BCUT2D eigenvalue weighted by Crippen LogP contribution is -2.47. The van der Waals surface area contributed by atoms with Crippen molar-refractivity contribution in [2.75, 3.05) is 19.8 Å². The first-order chi connectivity index (χ1) is 17.1. The van der Waals surface area contributed by atoms with Gasteiger partial charge in [-0.15, -0.1) is 11.3 Å². The van der Waals surface area contributed by atoms with Gasteiger partial charge in [-0.1, -0.05) is 0 Å². The molecule has 0 radical (unpaired) electrons. The Morgan fingerprint density at radius 3 is 2.20 bits per heavy atom. The van der Waals surface area contributed by atoms with Crippen molar-refractivity contribution in [3.05, 3.63) is 76.7 Å². The van der Waals surface area contributed by atoms with Crippen LogP contribution in [0, 0.1) is 17.6 Å². The Kier molecular flexibility index (Phi) is 8.89. The molecule has 1 aliphatic heterocycles. The molecule has 2 atom stereocenters. The first-order valence-electron chi connectivity index (χ1n) is 11.6. The Hall–Kier alpha value is -3.20. The number of carbonyl (C=O) groups is 1. The van der Waals surface area contributed by atoms with E-state index in [4.69, 9.17) is 14.2 Å². The van der Waals surface area contributed by atoms with Crippen molar-refractivity contribution in [3.8, 4) is 11.5 Å². The van der Waals surface area contributed by atoms with Crippen LogP contribution in [-0.2, 0) is 11.3 Å². The van der Waals surface area contributed by atoms with Gasteiger partial charge in [0, 0.05) is 25.2 Å². The van der Waals surface area contributed by atoms with E-state index < -0.39 is 0 Å². The van der Waals surface area contributed by atoms with Crippen molar-refractivity contribution >= 4 is 17.4 Å². The molecule has 6 nitrogen and oxygen atoms in total. The fourth-order valence-electron chi connectivity index (χ4n) is 4.16. The van der Waals surface area contributed by atoms with Crippen LogP contribution in [0.4, 0.5) is 13.6 Å². The van der Waals surface area contributed by atoms with Gasteiger partial charge in [0.05, 0.1) is 23.6 Å². The second-order valence-corrected chi connectivity index (χ2v) is 9.41. The summed E-state index contributed by atoms with van der Waals surface area (Å²) in [6.07, 6.45) is 4.46. The summed E-state index contributed by atoms with van der Waals surface area (Å²) in [7, 11) is 0. The second-order valence-electron chi connectivity index (χ2n) is 8.44. The van der Waals surface area contributed by atoms with Crippen LogP contribution in [0.2, 0.25) is 0 Å². The molecule has 3 aromatic rings. The SMILES string of the molecule is O=C(OCc1cncs1)N1CCC(CCOc2ccc(F)cc2)CC1CCOc1ccc(F)cc1. The molecular formula is C26H28F2N2O4S. The first kappa shape index (κ1) is 24.9. The van der Waals surface area contributed by atoms with Gasteiger partial charge in [0.1, 0.15) is 29.7 Å². The molecule has 1 fully saturated rings. The molecule has 0 spiro atoms. The molecule has 1 aromatic heterocycles. The van der Waals surface area contributed by atoms with E-state index in [-0.39, 0.29) is 30.4 Å². The third-order valence-corrected chi connectivity index (χ3v) is 6.78. The minimum atomic E-state index is -0.341. The van der Waals surface area contributed by atoms with Gasteiger partial charge < -0.3 is 19.1 Å². The summed E-state index contributed by atoms with van der Waals surface area (Å²) in [5.74, 6) is 0.991. The van der Waals surface area contributed by atoms with Crippen LogP contribution in [-0.4, -0.2) is 41.8 Å². The Morgan fingerprint density at radius 2 is 1.60 bits per heavy atom. The monoisotopic (exact) mass is 502 g/mol. The molecule has 0 saturated carbocycles. The van der Waals surface area contributed by atoms with Crippen molar-refractivity contribution in [2.45, 2.75) is 38.3 Å². The highest BCUT2D eigenvalue weighted by Gasteiger charge is 2.32. The van der Waals surface area contributed by atoms with Gasteiger partial charge in [0.15, 0.2) is 0 Å². The van der Waals surface area contributed by atoms with Crippen LogP contribution in [0.25, 0.3) is 0 Å². The molecule has 2 unspecified atom stereocenters. The van der Waals surface area contributed by atoms with E-state index in [1.807, 2.05) is 0 Å². The second kappa shape index (κ2) is 12.5. The van der Waals surface area contributed by atoms with E-state index in [2.05, 4.69) is 4.98 Å². The predicted molar refractivity (Wildman–Crippen MR) is 129 cm³/mol. The molecule has 0 aliphatic carbocycles. The van der Waals surface area contributed by atoms with Gasteiger partial charge in [-0.3, -0.25) is 4.98 Å². The van der Waals surface area contributed by atoms with E-state index in [0.29, 0.717) is 43.6 Å². The molecule has 1 saturated heterocycles. The van der Waals surface area contributed by atoms with Gasteiger partial charge in [0.2, 0.25) is 0 Å². The molecule has 186 valence electrons. The summed E-state index contributed by atoms with van der Waals surface area (Å²) >= 11 is 1.44. The number of carbonyl (C=O) groups excluding carboxylic acids is 1. The van der Waals surface area contributed by atoms with E-state index in [1.165, 1.54) is 35.6 Å². The predicted octanol–water partition coefficient (Wildman–Crippen LogP) is 6.08. The fourth-order valence-corrected chi connectivity index (χ4v) is 4.66. The standard InChI is InChI=1S/C26H28F2N2O4S/c27-20-1-5-23(6-2-20)32-13-10-19-9-12-30(26(31)34-17-25-16-29-18-35-25)22(15-19)11-14-33-24-7-3-21(28)4-8-24/h1-8,16,18-19,22H,9-15,17H2. The lowest BCUT2D eigenvalue weighted by atomic mass is 9.87. The maximum Gasteiger partial charge on any atom is 0.410 e. The minimum absolute atomic E-state index is 0.0472. The average Bonchev–Trinajstić information content (AvgIpc) is 3.39. The number of halogens is 2. The van der Waals surface area contributed by atoms with Gasteiger partial charge in [-0.25, -0.2) is 13.6 Å². The third kappa shape index (κ3) is 7.65. The quantitative estimate of drug-likeness (QED) is 0.336. The number of nitrogens with zero attached hydrogens (tertiary/aromatic N) is 2. The normalized spacial score (nSPS) is 17.7. The maximum atomic E-state index is 13.1. The summed E-state index contributed by atoms with van der Waals surface area (Å²) in [5.41, 5.74) is 1.71. The van der Waals surface area contributed by atoms with E-state index >= 15 is 0 Å². The number of hydrogen-bond acceptors (Lipinski definition) is 6. The van der Waals surface area contributed by atoms with Crippen molar-refractivity contribution in [1.29, 1.82) is 0 Å². The zero-order valence-electron chi connectivity index (χ0n) is 19.3. The molecule has 9 heteroatoms. The number of rotatable bonds is 10. The van der Waals surface area contributed by atoms with E-state index in [1.54, 1.807) is 40.9 Å². The summed E-state index contributed by atoms with van der Waals surface area (Å²) in [5, 5.41) is 0. The molecule has 35 heavy (non-hydrogen) atoms. The van der Waals surface area contributed by atoms with Crippen LogP contribution in [0.5, 0.6) is 11.5 Å². The van der Waals surface area contributed by atoms with Crippen LogP contribution < -0.4 is 9.47 Å². The van der Waals surface area contributed by atoms with Gasteiger partial charge in [-0.05, 0) is 73.7 Å². The molecule has 2 aromatic carbocycles. The summed E-state index contributed by atoms with van der Waals surface area (Å²) in [6.45, 7) is 1.70. The highest BCUT2D eigenvalue weighted by atomic mass is 32.1. The Bertz CT molecular complexity index is 1050. The number of ether oxygens (including phenoxy) is 3. The number of aromatic nitrogens is 1. The molecular weight excluding hydrogens is 474 g/mol. The molecule has 0 N–H and O–H groups in total. The number of amides is 1. The van der Waals surface area contributed by atoms with Crippen LogP contribution in [0.15, 0.2) is 60.2 Å². The van der Waals surface area contributed by atoms with E-state index in [0.717, 1.165) is 24.1 Å². The lowest BCUT2D eigenvalue weighted by molar-refractivity contribution is 0.0479. The van der Waals surface area contributed by atoms with Crippen LogP contribution in [0.3, 0.4) is 0 Å². The average molecular weight is 503 g/mol. The minimum Gasteiger partial charge on any atom is -0.494 e. The lowest BCUT2D eigenvalue weighted by Gasteiger charge is -2.38. The van der Waals surface area contributed by atoms with Gasteiger partial charge >= 0.3 is 6.09 Å². The molecule has 4 rings (SSSR count). The zero-order chi connectivity index (χ0) is 24.5. The maximum absolute atomic E-state index is 13.1. The highest BCUT2D eigenvalue weighted by molar-refractivity contribution is 7.09. The topological polar surface area (TPSA) is 60.9 Å². The van der Waals surface area contributed by atoms with Gasteiger partial charge in [-0.2, -0.15) is 0 Å². The van der Waals surface area contributed by atoms with Crippen LogP contribution >= 0.6 is 11.3 Å². The van der Waals surface area contributed by atoms with Gasteiger partial charge in [0.25, 0.3) is 0 Å². The van der Waals surface area contributed by atoms with Crippen molar-refractivity contribution in [3.63, 3.8) is 0 Å². The first-order valence-corrected chi connectivity index (χ1v) is 12.5. The number of likely N-dealkylation sites (tertiary alicyclic amines) is 1. The molecule has 1 amide bonds. The smallest absolute Gasteiger partial charge is 0.410 e. The Labute approximate surface area is 207 Å². The molecule has 0 bridgehead atoms. The summed E-state index contributed by atoms with van der Waals surface area (Å²) in [4.78, 5) is 19.5. The number of piperidine rings is 1. The highest BCUT2D eigenvalue weighted by Crippen LogP contribution is 2.29. The fraction of sp³-hybridized carbons (Fsp3) is 0.385. The molecule has 1 aliphatic rings. The van der Waals surface area contributed by atoms with E-state index in [9.17, 15) is 13.6 Å². The Morgan fingerprint density at radius 1 is 0.971 bits per heavy atom.